The van der Waals surface area contributed by atoms with Crippen molar-refractivity contribution in [2.75, 3.05) is 0 Å². The van der Waals surface area contributed by atoms with E-state index in [1.807, 2.05) is 36.4 Å². The molecule has 0 aliphatic rings. The minimum atomic E-state index is -0.313. The summed E-state index contributed by atoms with van der Waals surface area (Å²) in [5, 5.41) is 1.75. The molecule has 2 aromatic carbocycles. The molecule has 4 nitrogen and oxygen atoms in total. The first-order valence-corrected chi connectivity index (χ1v) is 7.61. The average Bonchev–Trinajstić information content (AvgIpc) is 2.56. The fraction of sp³-hybridized carbons (Fsp3) is 0.100. The van der Waals surface area contributed by atoms with Crippen LogP contribution in [-0.4, -0.2) is 0 Å². The van der Waals surface area contributed by atoms with Gasteiger partial charge >= 0.3 is 11.3 Å². The van der Waals surface area contributed by atoms with Crippen LogP contribution in [0.5, 0.6) is 0 Å². The normalized spacial score (nSPS) is 11.2. The highest BCUT2D eigenvalue weighted by Crippen LogP contribution is 2.27. The molecule has 0 fully saturated rings. The SMILES string of the molecule is Cc1cc2cc(-c3ccc4oc(=O)c(C)cc4c3)ccc2oc1=O. The van der Waals surface area contributed by atoms with Gasteiger partial charge in [-0.15, -0.1) is 0 Å². The van der Waals surface area contributed by atoms with Gasteiger partial charge in [0.25, 0.3) is 0 Å². The highest BCUT2D eigenvalue weighted by atomic mass is 16.4. The summed E-state index contributed by atoms with van der Waals surface area (Å²) in [7, 11) is 0. The van der Waals surface area contributed by atoms with E-state index in [0.717, 1.165) is 21.9 Å². The van der Waals surface area contributed by atoms with Gasteiger partial charge in [0.2, 0.25) is 0 Å². The van der Waals surface area contributed by atoms with Gasteiger partial charge in [-0.25, -0.2) is 9.59 Å². The van der Waals surface area contributed by atoms with Crippen LogP contribution in [0.4, 0.5) is 0 Å². The Morgan fingerprint density at radius 1 is 0.625 bits per heavy atom. The highest BCUT2D eigenvalue weighted by Gasteiger charge is 2.07. The maximum absolute atomic E-state index is 11.6. The Hall–Kier alpha value is -3.14. The maximum Gasteiger partial charge on any atom is 0.339 e. The van der Waals surface area contributed by atoms with Gasteiger partial charge in [0, 0.05) is 21.9 Å². The molecule has 0 N–H and O–H groups in total. The molecule has 2 heterocycles. The van der Waals surface area contributed by atoms with Crippen LogP contribution in [-0.2, 0) is 0 Å². The summed E-state index contributed by atoms with van der Waals surface area (Å²) in [5.41, 5.74) is 3.67. The lowest BCUT2D eigenvalue weighted by atomic mass is 10.0. The maximum atomic E-state index is 11.6. The standard InChI is InChI=1S/C20H14O4/c1-11-7-15-9-13(3-5-17(15)23-19(11)21)14-4-6-18-16(10-14)8-12(2)20(22)24-18/h3-10H,1-2H3. The summed E-state index contributed by atoms with van der Waals surface area (Å²) in [6, 6.07) is 15.0. The number of fused-ring (bicyclic) bond motifs is 2. The number of aryl methyl sites for hydroxylation is 2. The minimum Gasteiger partial charge on any atom is -0.423 e. The summed E-state index contributed by atoms with van der Waals surface area (Å²) in [4.78, 5) is 23.2. The summed E-state index contributed by atoms with van der Waals surface area (Å²) in [6.07, 6.45) is 0. The summed E-state index contributed by atoms with van der Waals surface area (Å²) in [5.74, 6) is 0. The molecular formula is C20H14O4. The van der Waals surface area contributed by atoms with Crippen LogP contribution in [0, 0.1) is 13.8 Å². The topological polar surface area (TPSA) is 60.4 Å². The minimum absolute atomic E-state index is 0.313. The fourth-order valence-electron chi connectivity index (χ4n) is 2.81. The second kappa shape index (κ2) is 5.20. The molecule has 118 valence electrons. The molecule has 0 atom stereocenters. The van der Waals surface area contributed by atoms with Crippen molar-refractivity contribution in [3.63, 3.8) is 0 Å². The molecule has 4 aromatic rings. The Morgan fingerprint density at radius 3 is 1.46 bits per heavy atom. The molecule has 0 bridgehead atoms. The van der Waals surface area contributed by atoms with E-state index in [0.29, 0.717) is 22.3 Å². The van der Waals surface area contributed by atoms with Crippen molar-refractivity contribution in [2.24, 2.45) is 0 Å². The van der Waals surface area contributed by atoms with Crippen LogP contribution < -0.4 is 11.3 Å². The zero-order valence-corrected chi connectivity index (χ0v) is 13.3. The summed E-state index contributed by atoms with van der Waals surface area (Å²) < 4.78 is 10.6. The lowest BCUT2D eigenvalue weighted by Crippen LogP contribution is -2.02. The van der Waals surface area contributed by atoms with Crippen LogP contribution in [0.3, 0.4) is 0 Å². The monoisotopic (exact) mass is 318 g/mol. The molecule has 0 unspecified atom stereocenters. The Labute approximate surface area is 137 Å². The zero-order chi connectivity index (χ0) is 16.8. The molecule has 24 heavy (non-hydrogen) atoms. The smallest absolute Gasteiger partial charge is 0.339 e. The van der Waals surface area contributed by atoms with Crippen molar-refractivity contribution in [1.29, 1.82) is 0 Å². The molecule has 2 aromatic heterocycles. The summed E-state index contributed by atoms with van der Waals surface area (Å²) in [6.45, 7) is 3.47. The molecule has 4 rings (SSSR count). The quantitative estimate of drug-likeness (QED) is 0.494. The lowest BCUT2D eigenvalue weighted by molar-refractivity contribution is 0.555. The van der Waals surface area contributed by atoms with Crippen LogP contribution in [0.1, 0.15) is 11.1 Å². The Balaban J connectivity index is 1.91. The molecule has 0 saturated heterocycles. The number of hydrogen-bond acceptors (Lipinski definition) is 4. The molecule has 0 aliphatic heterocycles. The van der Waals surface area contributed by atoms with Gasteiger partial charge < -0.3 is 8.83 Å². The van der Waals surface area contributed by atoms with Crippen molar-refractivity contribution in [1.82, 2.24) is 0 Å². The van der Waals surface area contributed by atoms with Gasteiger partial charge in [-0.05, 0) is 61.4 Å². The lowest BCUT2D eigenvalue weighted by Gasteiger charge is -2.06. The first kappa shape index (κ1) is 14.5. The molecule has 0 radical (unpaired) electrons. The Morgan fingerprint density at radius 2 is 1.04 bits per heavy atom. The van der Waals surface area contributed by atoms with Gasteiger partial charge in [-0.1, -0.05) is 12.1 Å². The van der Waals surface area contributed by atoms with Crippen LogP contribution in [0.15, 0.2) is 67.0 Å². The van der Waals surface area contributed by atoms with Gasteiger partial charge in [0.15, 0.2) is 0 Å². The van der Waals surface area contributed by atoms with Crippen molar-refractivity contribution in [3.05, 3.63) is 80.5 Å². The predicted octanol–water partition coefficient (Wildman–Crippen LogP) is 4.18. The fourth-order valence-corrected chi connectivity index (χ4v) is 2.81. The van der Waals surface area contributed by atoms with E-state index in [4.69, 9.17) is 8.83 Å². The highest BCUT2D eigenvalue weighted by molar-refractivity contribution is 5.87. The Kier molecular flexibility index (Phi) is 3.13. The van der Waals surface area contributed by atoms with Gasteiger partial charge in [-0.2, -0.15) is 0 Å². The van der Waals surface area contributed by atoms with E-state index < -0.39 is 0 Å². The van der Waals surface area contributed by atoms with E-state index in [1.165, 1.54) is 0 Å². The molecule has 0 aliphatic carbocycles. The van der Waals surface area contributed by atoms with Crippen LogP contribution >= 0.6 is 0 Å². The van der Waals surface area contributed by atoms with Crippen LogP contribution in [0.25, 0.3) is 33.1 Å². The van der Waals surface area contributed by atoms with E-state index >= 15 is 0 Å². The van der Waals surface area contributed by atoms with E-state index in [9.17, 15) is 9.59 Å². The largest absolute Gasteiger partial charge is 0.423 e. The molecule has 4 heteroatoms. The van der Waals surface area contributed by atoms with Crippen molar-refractivity contribution in [3.8, 4) is 11.1 Å². The number of rotatable bonds is 1. The first-order valence-electron chi connectivity index (χ1n) is 7.61. The first-order chi connectivity index (χ1) is 11.5. The number of hydrogen-bond donors (Lipinski definition) is 0. The number of benzene rings is 2. The van der Waals surface area contributed by atoms with E-state index in [2.05, 4.69) is 0 Å². The molecule has 0 amide bonds. The van der Waals surface area contributed by atoms with E-state index in [-0.39, 0.29) is 11.3 Å². The molecular weight excluding hydrogens is 304 g/mol. The average molecular weight is 318 g/mol. The second-order valence-electron chi connectivity index (χ2n) is 5.94. The third-order valence-electron chi connectivity index (χ3n) is 4.15. The van der Waals surface area contributed by atoms with Crippen molar-refractivity contribution in [2.45, 2.75) is 13.8 Å². The third kappa shape index (κ3) is 2.33. The molecule has 0 spiro atoms. The summed E-state index contributed by atoms with van der Waals surface area (Å²) >= 11 is 0. The van der Waals surface area contributed by atoms with Gasteiger partial charge in [0.05, 0.1) is 0 Å². The van der Waals surface area contributed by atoms with Crippen molar-refractivity contribution < 1.29 is 8.83 Å². The predicted molar refractivity (Wildman–Crippen MR) is 93.4 cm³/mol. The van der Waals surface area contributed by atoms with Crippen molar-refractivity contribution >= 4 is 21.9 Å². The third-order valence-corrected chi connectivity index (χ3v) is 4.15. The molecule has 0 saturated carbocycles. The second-order valence-corrected chi connectivity index (χ2v) is 5.94. The zero-order valence-electron chi connectivity index (χ0n) is 13.3. The van der Waals surface area contributed by atoms with Gasteiger partial charge in [-0.3, -0.25) is 0 Å². The van der Waals surface area contributed by atoms with Gasteiger partial charge in [0.1, 0.15) is 11.2 Å². The van der Waals surface area contributed by atoms with E-state index in [1.54, 1.807) is 26.0 Å². The van der Waals surface area contributed by atoms with Crippen LogP contribution in [0.2, 0.25) is 0 Å². The Bertz CT molecular complexity index is 1110.